The van der Waals surface area contributed by atoms with Gasteiger partial charge in [0.05, 0.1) is 23.2 Å². The van der Waals surface area contributed by atoms with E-state index in [1.807, 2.05) is 0 Å². The molecule has 0 N–H and O–H groups in total. The van der Waals surface area contributed by atoms with Crippen LogP contribution in [-0.2, 0) is 4.74 Å². The van der Waals surface area contributed by atoms with Crippen LogP contribution in [0, 0.1) is 5.82 Å². The van der Waals surface area contributed by atoms with Crippen molar-refractivity contribution in [3.63, 3.8) is 0 Å². The van der Waals surface area contributed by atoms with Crippen molar-refractivity contribution in [3.05, 3.63) is 29.4 Å². The first kappa shape index (κ1) is 11.6. The highest BCUT2D eigenvalue weighted by atomic mass is 32.1. The van der Waals surface area contributed by atoms with Crippen molar-refractivity contribution in [1.29, 1.82) is 0 Å². The van der Waals surface area contributed by atoms with Gasteiger partial charge in [-0.3, -0.25) is 4.98 Å². The zero-order valence-corrected chi connectivity index (χ0v) is 9.70. The number of rotatable bonds is 3. The lowest BCUT2D eigenvalue weighted by Gasteiger charge is -2.03. The first-order valence-electron chi connectivity index (χ1n) is 4.81. The molecule has 0 aliphatic heterocycles. The van der Waals surface area contributed by atoms with Gasteiger partial charge in [-0.1, -0.05) is 0 Å². The van der Waals surface area contributed by atoms with Crippen LogP contribution >= 0.6 is 11.3 Å². The van der Waals surface area contributed by atoms with Crippen molar-refractivity contribution in [2.75, 3.05) is 6.61 Å². The summed E-state index contributed by atoms with van der Waals surface area (Å²) in [6, 6.07) is 0. The van der Waals surface area contributed by atoms with E-state index in [1.165, 1.54) is 11.3 Å². The highest BCUT2D eigenvalue weighted by molar-refractivity contribution is 7.13. The molecule has 0 fully saturated rings. The molecule has 17 heavy (non-hydrogen) atoms. The molecule has 0 unspecified atom stereocenters. The maximum Gasteiger partial charge on any atom is 0.360 e. The number of aromatic nitrogens is 3. The molecule has 0 bridgehead atoms. The summed E-state index contributed by atoms with van der Waals surface area (Å²) in [5, 5.41) is 0. The van der Waals surface area contributed by atoms with E-state index in [1.54, 1.807) is 18.6 Å². The van der Waals surface area contributed by atoms with Crippen molar-refractivity contribution in [2.24, 2.45) is 0 Å². The van der Waals surface area contributed by atoms with Crippen molar-refractivity contribution in [1.82, 2.24) is 15.0 Å². The molecular weight excluding hydrogens is 245 g/mol. The number of nitrogens with zero attached hydrogens (tertiary/aromatic N) is 3. The highest BCUT2D eigenvalue weighted by Gasteiger charge is 2.17. The summed E-state index contributed by atoms with van der Waals surface area (Å²) in [5.41, 5.74) is 1.25. The first-order valence-corrected chi connectivity index (χ1v) is 5.69. The van der Waals surface area contributed by atoms with E-state index in [-0.39, 0.29) is 18.1 Å². The molecule has 7 heteroatoms. The quantitative estimate of drug-likeness (QED) is 0.782. The molecule has 0 saturated heterocycles. The van der Waals surface area contributed by atoms with Crippen LogP contribution < -0.4 is 0 Å². The summed E-state index contributed by atoms with van der Waals surface area (Å²) in [5.74, 6) is -1.33. The number of carbonyl (C=O) groups is 1. The Labute approximate surface area is 100 Å². The van der Waals surface area contributed by atoms with Gasteiger partial charge < -0.3 is 4.74 Å². The average Bonchev–Trinajstić information content (AvgIpc) is 2.83. The molecule has 88 valence electrons. The molecular formula is C10H8FN3O2S. The fourth-order valence-corrected chi connectivity index (χ4v) is 1.72. The predicted octanol–water partition coefficient (Wildman–Crippen LogP) is 1.92. The van der Waals surface area contributed by atoms with E-state index in [0.29, 0.717) is 4.88 Å². The van der Waals surface area contributed by atoms with Gasteiger partial charge in [-0.05, 0) is 6.92 Å². The highest BCUT2D eigenvalue weighted by Crippen LogP contribution is 2.19. The zero-order chi connectivity index (χ0) is 12.3. The Bertz CT molecular complexity index is 530. The second-order valence-electron chi connectivity index (χ2n) is 2.98. The van der Waals surface area contributed by atoms with Crippen LogP contribution in [0.1, 0.15) is 17.4 Å². The Morgan fingerprint density at radius 2 is 2.35 bits per heavy atom. The maximum atomic E-state index is 13.3. The Morgan fingerprint density at radius 3 is 3.00 bits per heavy atom. The summed E-state index contributed by atoms with van der Waals surface area (Å²) in [4.78, 5) is 23.6. The standard InChI is InChI=1S/C10H8FN3O2S/c1-2-16-10(15)8-6(11)3-13-9(14-8)7-4-12-5-17-7/h3-5H,2H2,1H3. The minimum Gasteiger partial charge on any atom is -0.461 e. The van der Waals surface area contributed by atoms with Crippen LogP contribution in [0.4, 0.5) is 4.39 Å². The van der Waals surface area contributed by atoms with Crippen molar-refractivity contribution >= 4 is 17.3 Å². The lowest BCUT2D eigenvalue weighted by molar-refractivity contribution is 0.0513. The average molecular weight is 253 g/mol. The largest absolute Gasteiger partial charge is 0.461 e. The second kappa shape index (κ2) is 4.96. The number of hydrogen-bond acceptors (Lipinski definition) is 6. The van der Waals surface area contributed by atoms with Gasteiger partial charge in [0.25, 0.3) is 0 Å². The number of hydrogen-bond donors (Lipinski definition) is 0. The minimum atomic E-state index is -0.795. The third-order valence-corrected chi connectivity index (χ3v) is 2.63. The van der Waals surface area contributed by atoms with Gasteiger partial charge in [0.15, 0.2) is 17.3 Å². The molecule has 5 nitrogen and oxygen atoms in total. The Kier molecular flexibility index (Phi) is 3.38. The fourth-order valence-electron chi connectivity index (χ4n) is 1.15. The summed E-state index contributed by atoms with van der Waals surface area (Å²) in [7, 11) is 0. The molecule has 0 spiro atoms. The van der Waals surface area contributed by atoms with Crippen molar-refractivity contribution < 1.29 is 13.9 Å². The van der Waals surface area contributed by atoms with Gasteiger partial charge in [0.2, 0.25) is 0 Å². The van der Waals surface area contributed by atoms with Crippen LogP contribution in [0.15, 0.2) is 17.9 Å². The summed E-state index contributed by atoms with van der Waals surface area (Å²) in [6.07, 6.45) is 2.50. The molecule has 0 aromatic carbocycles. The third kappa shape index (κ3) is 2.44. The number of thiazole rings is 1. The molecule has 0 amide bonds. The first-order chi connectivity index (χ1) is 8.22. The van der Waals surface area contributed by atoms with Crippen LogP contribution in [0.5, 0.6) is 0 Å². The number of ether oxygens (including phenoxy) is 1. The van der Waals surface area contributed by atoms with E-state index in [9.17, 15) is 9.18 Å². The molecule has 2 aromatic rings. The van der Waals surface area contributed by atoms with Gasteiger partial charge in [0.1, 0.15) is 0 Å². The topological polar surface area (TPSA) is 65.0 Å². The SMILES string of the molecule is CCOC(=O)c1nc(-c2cncs2)ncc1F. The van der Waals surface area contributed by atoms with Gasteiger partial charge in [-0.25, -0.2) is 19.2 Å². The summed E-state index contributed by atoms with van der Waals surface area (Å²) < 4.78 is 18.0. The molecule has 0 aliphatic carbocycles. The molecule has 0 aliphatic rings. The van der Waals surface area contributed by atoms with E-state index in [4.69, 9.17) is 4.74 Å². The fraction of sp³-hybridized carbons (Fsp3) is 0.200. The number of carbonyl (C=O) groups excluding carboxylic acids is 1. The Balaban J connectivity index is 2.39. The van der Waals surface area contributed by atoms with E-state index >= 15 is 0 Å². The zero-order valence-electron chi connectivity index (χ0n) is 8.88. The molecule has 2 rings (SSSR count). The van der Waals surface area contributed by atoms with E-state index in [2.05, 4.69) is 15.0 Å². The molecule has 0 atom stereocenters. The Hall–Kier alpha value is -1.89. The maximum absolute atomic E-state index is 13.3. The van der Waals surface area contributed by atoms with Crippen LogP contribution in [0.3, 0.4) is 0 Å². The normalized spacial score (nSPS) is 10.2. The summed E-state index contributed by atoms with van der Waals surface area (Å²) >= 11 is 1.30. The van der Waals surface area contributed by atoms with Crippen LogP contribution in [-0.4, -0.2) is 27.5 Å². The lowest BCUT2D eigenvalue weighted by Crippen LogP contribution is -2.11. The number of halogens is 1. The van der Waals surface area contributed by atoms with Gasteiger partial charge >= 0.3 is 5.97 Å². The van der Waals surface area contributed by atoms with Crippen molar-refractivity contribution in [3.8, 4) is 10.7 Å². The smallest absolute Gasteiger partial charge is 0.360 e. The summed E-state index contributed by atoms with van der Waals surface area (Å²) in [6.45, 7) is 1.80. The van der Waals surface area contributed by atoms with Crippen molar-refractivity contribution in [2.45, 2.75) is 6.92 Å². The van der Waals surface area contributed by atoms with E-state index in [0.717, 1.165) is 6.20 Å². The molecule has 0 saturated carbocycles. The van der Waals surface area contributed by atoms with Crippen LogP contribution in [0.25, 0.3) is 10.7 Å². The molecule has 2 aromatic heterocycles. The van der Waals surface area contributed by atoms with Gasteiger partial charge in [-0.15, -0.1) is 11.3 Å². The van der Waals surface area contributed by atoms with Gasteiger partial charge in [-0.2, -0.15) is 0 Å². The second-order valence-corrected chi connectivity index (χ2v) is 3.86. The molecule has 0 radical (unpaired) electrons. The predicted molar refractivity (Wildman–Crippen MR) is 59.1 cm³/mol. The minimum absolute atomic E-state index is 0.165. The third-order valence-electron chi connectivity index (χ3n) is 1.87. The van der Waals surface area contributed by atoms with Crippen LogP contribution in [0.2, 0.25) is 0 Å². The number of esters is 1. The van der Waals surface area contributed by atoms with Gasteiger partial charge in [0, 0.05) is 6.20 Å². The lowest BCUT2D eigenvalue weighted by atomic mass is 10.3. The monoisotopic (exact) mass is 253 g/mol. The Morgan fingerprint density at radius 1 is 1.53 bits per heavy atom. The van der Waals surface area contributed by atoms with E-state index < -0.39 is 11.8 Å². The molecule has 2 heterocycles.